The number of imidazole rings is 1. The lowest BCUT2D eigenvalue weighted by Gasteiger charge is -2.08. The molecule has 0 saturated carbocycles. The first-order valence-electron chi connectivity index (χ1n) is 5.83. The van der Waals surface area contributed by atoms with Crippen molar-refractivity contribution < 1.29 is 0 Å². The minimum atomic E-state index is 0.910. The molecule has 2 aromatic rings. The van der Waals surface area contributed by atoms with Crippen LogP contribution in [0.2, 0.25) is 0 Å². The Balaban J connectivity index is 2.15. The summed E-state index contributed by atoms with van der Waals surface area (Å²) >= 11 is 0. The van der Waals surface area contributed by atoms with Gasteiger partial charge in [0.05, 0.1) is 6.33 Å². The molecule has 2 rings (SSSR count). The van der Waals surface area contributed by atoms with Crippen molar-refractivity contribution in [1.82, 2.24) is 9.55 Å². The van der Waals surface area contributed by atoms with Gasteiger partial charge in [-0.15, -0.1) is 0 Å². The first-order chi connectivity index (χ1) is 7.79. The molecule has 0 bridgehead atoms. The molecule has 0 aliphatic carbocycles. The number of rotatable bonds is 4. The highest BCUT2D eigenvalue weighted by Crippen LogP contribution is 2.13. The van der Waals surface area contributed by atoms with Crippen LogP contribution < -0.4 is 0 Å². The first kappa shape index (κ1) is 10.9. The summed E-state index contributed by atoms with van der Waals surface area (Å²) in [5.41, 5.74) is 4.21. The monoisotopic (exact) mass is 214 g/mol. The van der Waals surface area contributed by atoms with Crippen LogP contribution in [0.25, 0.3) is 0 Å². The molecule has 2 heteroatoms. The molecule has 0 saturated heterocycles. The summed E-state index contributed by atoms with van der Waals surface area (Å²) < 4.78 is 2.09. The number of hydrogen-bond donors (Lipinski definition) is 0. The van der Waals surface area contributed by atoms with Gasteiger partial charge in [0.15, 0.2) is 0 Å². The Morgan fingerprint density at radius 2 is 2.19 bits per heavy atom. The molecule has 0 spiro atoms. The summed E-state index contributed by atoms with van der Waals surface area (Å²) in [6.07, 6.45) is 8.06. The van der Waals surface area contributed by atoms with Gasteiger partial charge in [0.25, 0.3) is 0 Å². The van der Waals surface area contributed by atoms with Gasteiger partial charge in [0, 0.05) is 18.9 Å². The molecule has 0 atom stereocenters. The molecule has 0 aliphatic rings. The molecule has 0 N–H and O–H groups in total. The zero-order valence-electron chi connectivity index (χ0n) is 9.98. The van der Waals surface area contributed by atoms with Gasteiger partial charge in [-0.1, -0.05) is 31.5 Å². The van der Waals surface area contributed by atoms with Crippen molar-refractivity contribution in [3.63, 3.8) is 0 Å². The standard InChI is InChI=1S/C14H18N2/c1-3-4-14-6-5-13(9-12(14)2)10-16-8-7-15-11-16/h5-9,11H,3-4,10H2,1-2H3. The number of benzene rings is 1. The summed E-state index contributed by atoms with van der Waals surface area (Å²) in [5.74, 6) is 0. The summed E-state index contributed by atoms with van der Waals surface area (Å²) in [5, 5.41) is 0. The highest BCUT2D eigenvalue weighted by atomic mass is 15.0. The molecular weight excluding hydrogens is 196 g/mol. The minimum Gasteiger partial charge on any atom is -0.333 e. The number of aromatic nitrogens is 2. The Kier molecular flexibility index (Phi) is 3.40. The maximum Gasteiger partial charge on any atom is 0.0949 e. The fourth-order valence-corrected chi connectivity index (χ4v) is 2.00. The van der Waals surface area contributed by atoms with E-state index in [-0.39, 0.29) is 0 Å². The van der Waals surface area contributed by atoms with Crippen LogP contribution in [0.5, 0.6) is 0 Å². The number of hydrogen-bond acceptors (Lipinski definition) is 1. The first-order valence-corrected chi connectivity index (χ1v) is 5.83. The van der Waals surface area contributed by atoms with Crippen LogP contribution in [0.4, 0.5) is 0 Å². The van der Waals surface area contributed by atoms with Gasteiger partial charge in [0.1, 0.15) is 0 Å². The Morgan fingerprint density at radius 1 is 1.31 bits per heavy atom. The van der Waals surface area contributed by atoms with Crippen LogP contribution in [-0.4, -0.2) is 9.55 Å². The van der Waals surface area contributed by atoms with Gasteiger partial charge in [0.2, 0.25) is 0 Å². The average molecular weight is 214 g/mol. The zero-order chi connectivity index (χ0) is 11.4. The molecular formula is C14H18N2. The van der Waals surface area contributed by atoms with Crippen molar-refractivity contribution in [2.75, 3.05) is 0 Å². The van der Waals surface area contributed by atoms with Crippen LogP contribution in [0.1, 0.15) is 30.0 Å². The lowest BCUT2D eigenvalue weighted by molar-refractivity contribution is 0.794. The van der Waals surface area contributed by atoms with Crippen molar-refractivity contribution in [1.29, 1.82) is 0 Å². The fourth-order valence-electron chi connectivity index (χ4n) is 2.00. The molecule has 0 fully saturated rings. The third kappa shape index (κ3) is 2.51. The third-order valence-corrected chi connectivity index (χ3v) is 2.85. The van der Waals surface area contributed by atoms with Crippen LogP contribution in [0.15, 0.2) is 36.9 Å². The highest BCUT2D eigenvalue weighted by molar-refractivity contribution is 5.31. The smallest absolute Gasteiger partial charge is 0.0949 e. The molecule has 1 aromatic heterocycles. The van der Waals surface area contributed by atoms with E-state index >= 15 is 0 Å². The van der Waals surface area contributed by atoms with Gasteiger partial charge in [-0.3, -0.25) is 0 Å². The van der Waals surface area contributed by atoms with E-state index in [0.29, 0.717) is 0 Å². The predicted molar refractivity (Wildman–Crippen MR) is 66.5 cm³/mol. The molecule has 0 radical (unpaired) electrons. The van der Waals surface area contributed by atoms with Crippen molar-refractivity contribution >= 4 is 0 Å². The normalized spacial score (nSPS) is 10.6. The summed E-state index contributed by atoms with van der Waals surface area (Å²) in [7, 11) is 0. The van der Waals surface area contributed by atoms with Gasteiger partial charge in [-0.25, -0.2) is 4.98 Å². The lowest BCUT2D eigenvalue weighted by atomic mass is 10.0. The van der Waals surface area contributed by atoms with E-state index in [4.69, 9.17) is 0 Å². The minimum absolute atomic E-state index is 0.910. The van der Waals surface area contributed by atoms with Crippen molar-refractivity contribution in [2.45, 2.75) is 33.2 Å². The van der Waals surface area contributed by atoms with E-state index in [9.17, 15) is 0 Å². The molecule has 2 nitrogen and oxygen atoms in total. The van der Waals surface area contributed by atoms with Gasteiger partial charge in [-0.05, 0) is 30.0 Å². The van der Waals surface area contributed by atoms with E-state index in [1.807, 2.05) is 18.7 Å². The fraction of sp³-hybridized carbons (Fsp3) is 0.357. The van der Waals surface area contributed by atoms with Crippen molar-refractivity contribution in [3.8, 4) is 0 Å². The van der Waals surface area contributed by atoms with Gasteiger partial charge < -0.3 is 4.57 Å². The second-order valence-electron chi connectivity index (χ2n) is 4.25. The molecule has 1 heterocycles. The van der Waals surface area contributed by atoms with Gasteiger partial charge in [-0.2, -0.15) is 0 Å². The van der Waals surface area contributed by atoms with E-state index in [1.54, 1.807) is 0 Å². The number of aryl methyl sites for hydroxylation is 2. The highest BCUT2D eigenvalue weighted by Gasteiger charge is 2.00. The summed E-state index contributed by atoms with van der Waals surface area (Å²) in [6.45, 7) is 5.33. The topological polar surface area (TPSA) is 17.8 Å². The van der Waals surface area contributed by atoms with Crippen molar-refractivity contribution in [2.24, 2.45) is 0 Å². The SMILES string of the molecule is CCCc1ccc(Cn2ccnc2)cc1C. The van der Waals surface area contributed by atoms with Gasteiger partial charge >= 0.3 is 0 Å². The molecule has 0 unspecified atom stereocenters. The molecule has 84 valence electrons. The van der Waals surface area contributed by atoms with E-state index in [0.717, 1.165) is 6.54 Å². The number of nitrogens with zero attached hydrogens (tertiary/aromatic N) is 2. The Hall–Kier alpha value is -1.57. The Morgan fingerprint density at radius 3 is 2.81 bits per heavy atom. The predicted octanol–water partition coefficient (Wildman–Crippen LogP) is 3.19. The van der Waals surface area contributed by atoms with E-state index in [1.165, 1.54) is 29.5 Å². The quantitative estimate of drug-likeness (QED) is 0.764. The molecule has 0 aliphatic heterocycles. The summed E-state index contributed by atoms with van der Waals surface area (Å²) in [4.78, 5) is 4.05. The van der Waals surface area contributed by atoms with Crippen LogP contribution >= 0.6 is 0 Å². The maximum atomic E-state index is 4.05. The molecule has 16 heavy (non-hydrogen) atoms. The molecule has 1 aromatic carbocycles. The van der Waals surface area contributed by atoms with Crippen molar-refractivity contribution in [3.05, 3.63) is 53.6 Å². The molecule has 0 amide bonds. The zero-order valence-corrected chi connectivity index (χ0v) is 9.98. The third-order valence-electron chi connectivity index (χ3n) is 2.85. The maximum absolute atomic E-state index is 4.05. The van der Waals surface area contributed by atoms with Crippen LogP contribution in [0, 0.1) is 6.92 Å². The average Bonchev–Trinajstić information content (AvgIpc) is 2.75. The van der Waals surface area contributed by atoms with Crippen LogP contribution in [-0.2, 0) is 13.0 Å². The lowest BCUT2D eigenvalue weighted by Crippen LogP contribution is -1.98. The second kappa shape index (κ2) is 4.97. The van der Waals surface area contributed by atoms with Crippen LogP contribution in [0.3, 0.4) is 0 Å². The Labute approximate surface area is 97.0 Å². The van der Waals surface area contributed by atoms with E-state index < -0.39 is 0 Å². The van der Waals surface area contributed by atoms with E-state index in [2.05, 4.69) is 41.6 Å². The largest absolute Gasteiger partial charge is 0.333 e. The summed E-state index contributed by atoms with van der Waals surface area (Å²) in [6, 6.07) is 6.76. The Bertz CT molecular complexity index is 444. The second-order valence-corrected chi connectivity index (χ2v) is 4.25.